The van der Waals surface area contributed by atoms with Crippen LogP contribution in [0.3, 0.4) is 0 Å². The third kappa shape index (κ3) is 5.08. The summed E-state index contributed by atoms with van der Waals surface area (Å²) < 4.78 is 0. The summed E-state index contributed by atoms with van der Waals surface area (Å²) in [5, 5.41) is 9.36. The summed E-state index contributed by atoms with van der Waals surface area (Å²) in [5.41, 5.74) is 0.982. The van der Waals surface area contributed by atoms with Crippen LogP contribution in [-0.2, 0) is 4.79 Å². The summed E-state index contributed by atoms with van der Waals surface area (Å²) in [5.74, 6) is 0.163. The number of aliphatic hydroxyl groups is 1. The van der Waals surface area contributed by atoms with Crippen molar-refractivity contribution in [1.29, 1.82) is 0 Å². The normalized spacial score (nSPS) is 12.8. The summed E-state index contributed by atoms with van der Waals surface area (Å²) in [7, 11) is 0. The van der Waals surface area contributed by atoms with E-state index in [-0.39, 0.29) is 18.1 Å². The van der Waals surface area contributed by atoms with Crippen LogP contribution in [-0.4, -0.2) is 17.0 Å². The fraction of sp³-hybridized carbons (Fsp3) is 0.700. The molecular weight excluding hydrogens is 152 g/mol. The third-order valence-electron chi connectivity index (χ3n) is 1.63. The van der Waals surface area contributed by atoms with Gasteiger partial charge in [0.2, 0.25) is 0 Å². The van der Waals surface area contributed by atoms with Crippen LogP contribution in [0.1, 0.15) is 34.1 Å². The molecule has 0 aromatic heterocycles. The molecule has 12 heavy (non-hydrogen) atoms. The van der Waals surface area contributed by atoms with E-state index < -0.39 is 6.10 Å². The predicted molar refractivity (Wildman–Crippen MR) is 49.9 cm³/mol. The Bertz CT molecular complexity index is 176. The molecule has 0 amide bonds. The van der Waals surface area contributed by atoms with Crippen LogP contribution >= 0.6 is 0 Å². The van der Waals surface area contributed by atoms with Gasteiger partial charge in [0.1, 0.15) is 0 Å². The fourth-order valence-corrected chi connectivity index (χ4v) is 0.823. The predicted octanol–water partition coefficient (Wildman–Crippen LogP) is 1.93. The molecule has 0 saturated carbocycles. The zero-order valence-corrected chi connectivity index (χ0v) is 8.29. The molecule has 0 aromatic rings. The Morgan fingerprint density at radius 2 is 1.92 bits per heavy atom. The smallest absolute Gasteiger partial charge is 0.158 e. The molecular formula is C10H18O2. The van der Waals surface area contributed by atoms with Gasteiger partial charge in [0.15, 0.2) is 5.78 Å². The van der Waals surface area contributed by atoms with Crippen molar-refractivity contribution >= 4 is 5.78 Å². The van der Waals surface area contributed by atoms with Crippen LogP contribution in [0.4, 0.5) is 0 Å². The molecule has 1 atom stereocenters. The highest BCUT2D eigenvalue weighted by molar-refractivity contribution is 5.90. The quantitative estimate of drug-likeness (QED) is 0.654. The minimum absolute atomic E-state index is 0.0104. The maximum atomic E-state index is 11.1. The highest BCUT2D eigenvalue weighted by Crippen LogP contribution is 2.06. The van der Waals surface area contributed by atoms with Gasteiger partial charge in [0, 0.05) is 6.42 Å². The lowest BCUT2D eigenvalue weighted by molar-refractivity contribution is -0.117. The number of allylic oxidation sites excluding steroid dienone is 2. The van der Waals surface area contributed by atoms with E-state index in [1.807, 2.05) is 27.7 Å². The molecule has 70 valence electrons. The second kappa shape index (κ2) is 5.09. The van der Waals surface area contributed by atoms with Crippen molar-refractivity contribution in [3.05, 3.63) is 11.6 Å². The van der Waals surface area contributed by atoms with Crippen molar-refractivity contribution < 1.29 is 9.90 Å². The number of carbonyl (C=O) groups excluding carboxylic acids is 1. The number of ketones is 1. The lowest BCUT2D eigenvalue weighted by Crippen LogP contribution is -2.18. The molecule has 2 nitrogen and oxygen atoms in total. The number of carbonyl (C=O) groups is 1. The maximum Gasteiger partial charge on any atom is 0.158 e. The minimum atomic E-state index is -0.506. The Hall–Kier alpha value is -0.630. The Kier molecular flexibility index (Phi) is 4.83. The van der Waals surface area contributed by atoms with Gasteiger partial charge in [-0.05, 0) is 25.8 Å². The van der Waals surface area contributed by atoms with Crippen LogP contribution < -0.4 is 0 Å². The fourth-order valence-electron chi connectivity index (χ4n) is 0.823. The van der Waals surface area contributed by atoms with Gasteiger partial charge in [-0.2, -0.15) is 0 Å². The molecule has 0 bridgehead atoms. The van der Waals surface area contributed by atoms with E-state index in [4.69, 9.17) is 0 Å². The van der Waals surface area contributed by atoms with E-state index in [0.717, 1.165) is 5.57 Å². The summed E-state index contributed by atoms with van der Waals surface area (Å²) in [6, 6.07) is 0. The van der Waals surface area contributed by atoms with E-state index in [1.165, 1.54) is 0 Å². The average Bonchev–Trinajstić information content (AvgIpc) is 1.84. The zero-order valence-electron chi connectivity index (χ0n) is 8.29. The average molecular weight is 170 g/mol. The molecule has 0 radical (unpaired) electrons. The second-order valence-corrected chi connectivity index (χ2v) is 3.70. The van der Waals surface area contributed by atoms with E-state index in [2.05, 4.69) is 0 Å². The van der Waals surface area contributed by atoms with Crippen molar-refractivity contribution in [3.63, 3.8) is 0 Å². The van der Waals surface area contributed by atoms with E-state index >= 15 is 0 Å². The Balaban J connectivity index is 3.94. The van der Waals surface area contributed by atoms with Gasteiger partial charge in [-0.15, -0.1) is 0 Å². The lowest BCUT2D eigenvalue weighted by atomic mass is 10.0. The molecule has 1 N–H and O–H groups in total. The first kappa shape index (κ1) is 11.4. The summed E-state index contributed by atoms with van der Waals surface area (Å²) in [6.07, 6.45) is 1.31. The molecule has 0 rings (SSSR count). The molecule has 0 saturated heterocycles. The molecule has 0 spiro atoms. The first-order valence-corrected chi connectivity index (χ1v) is 4.29. The highest BCUT2D eigenvalue weighted by Gasteiger charge is 2.12. The zero-order chi connectivity index (χ0) is 9.72. The number of hydrogen-bond donors (Lipinski definition) is 1. The summed E-state index contributed by atoms with van der Waals surface area (Å²) in [6.45, 7) is 7.56. The first-order valence-electron chi connectivity index (χ1n) is 4.29. The van der Waals surface area contributed by atoms with Gasteiger partial charge >= 0.3 is 0 Å². The number of aliphatic hydroxyl groups excluding tert-OH is 1. The maximum absolute atomic E-state index is 11.1. The third-order valence-corrected chi connectivity index (χ3v) is 1.63. The monoisotopic (exact) mass is 170 g/mol. The van der Waals surface area contributed by atoms with Crippen molar-refractivity contribution in [1.82, 2.24) is 0 Å². The van der Waals surface area contributed by atoms with Gasteiger partial charge in [0.05, 0.1) is 6.10 Å². The summed E-state index contributed by atoms with van der Waals surface area (Å²) in [4.78, 5) is 11.1. The molecule has 0 aromatic carbocycles. The van der Waals surface area contributed by atoms with Crippen molar-refractivity contribution in [2.24, 2.45) is 5.92 Å². The molecule has 0 heterocycles. The number of hydrogen-bond acceptors (Lipinski definition) is 2. The van der Waals surface area contributed by atoms with Gasteiger partial charge in [-0.1, -0.05) is 19.4 Å². The first-order chi connectivity index (χ1) is 5.43. The second-order valence-electron chi connectivity index (χ2n) is 3.70. The van der Waals surface area contributed by atoms with Crippen LogP contribution in [0.25, 0.3) is 0 Å². The molecule has 0 unspecified atom stereocenters. The Morgan fingerprint density at radius 1 is 1.42 bits per heavy atom. The SMILES string of the molecule is CC(C)=CC(=O)C[C@@H](O)C(C)C. The van der Waals surface area contributed by atoms with E-state index in [1.54, 1.807) is 6.08 Å². The summed E-state index contributed by atoms with van der Waals surface area (Å²) >= 11 is 0. The van der Waals surface area contributed by atoms with E-state index in [9.17, 15) is 9.90 Å². The van der Waals surface area contributed by atoms with Crippen LogP contribution in [0.5, 0.6) is 0 Å². The van der Waals surface area contributed by atoms with Gasteiger partial charge in [0.25, 0.3) is 0 Å². The highest BCUT2D eigenvalue weighted by atomic mass is 16.3. The molecule has 0 aliphatic heterocycles. The minimum Gasteiger partial charge on any atom is -0.392 e. The van der Waals surface area contributed by atoms with Crippen LogP contribution in [0.15, 0.2) is 11.6 Å². The Labute approximate surface area is 74.3 Å². The lowest BCUT2D eigenvalue weighted by Gasteiger charge is -2.11. The largest absolute Gasteiger partial charge is 0.392 e. The van der Waals surface area contributed by atoms with E-state index in [0.29, 0.717) is 0 Å². The standard InChI is InChI=1S/C10H18O2/c1-7(2)5-9(11)6-10(12)8(3)4/h5,8,10,12H,6H2,1-4H3/t10-/m1/s1. The molecule has 0 aliphatic carbocycles. The van der Waals surface area contributed by atoms with Crippen molar-refractivity contribution in [2.45, 2.75) is 40.2 Å². The van der Waals surface area contributed by atoms with Gasteiger partial charge in [-0.3, -0.25) is 4.79 Å². The van der Waals surface area contributed by atoms with Gasteiger partial charge in [-0.25, -0.2) is 0 Å². The molecule has 0 fully saturated rings. The Morgan fingerprint density at radius 3 is 2.25 bits per heavy atom. The van der Waals surface area contributed by atoms with Gasteiger partial charge < -0.3 is 5.11 Å². The van der Waals surface area contributed by atoms with Crippen molar-refractivity contribution in [3.8, 4) is 0 Å². The van der Waals surface area contributed by atoms with Crippen LogP contribution in [0.2, 0.25) is 0 Å². The number of rotatable bonds is 4. The van der Waals surface area contributed by atoms with Crippen molar-refractivity contribution in [2.75, 3.05) is 0 Å². The topological polar surface area (TPSA) is 37.3 Å². The van der Waals surface area contributed by atoms with Crippen LogP contribution in [0, 0.1) is 5.92 Å². The molecule has 0 aliphatic rings. The molecule has 2 heteroatoms.